The summed E-state index contributed by atoms with van der Waals surface area (Å²) >= 11 is 0. The van der Waals surface area contributed by atoms with Crippen molar-refractivity contribution in [3.63, 3.8) is 0 Å². The minimum Gasteiger partial charge on any atom is -0.469 e. The van der Waals surface area contributed by atoms with E-state index in [-0.39, 0.29) is 0 Å². The van der Waals surface area contributed by atoms with Crippen LogP contribution in [0.25, 0.3) is 22.8 Å². The second-order valence-corrected chi connectivity index (χ2v) is 3.56. The summed E-state index contributed by atoms with van der Waals surface area (Å²) in [6.07, 6.45) is 4.99. The molecule has 0 aliphatic heterocycles. The first-order valence-electron chi connectivity index (χ1n) is 5.13. The quantitative estimate of drug-likeness (QED) is 0.673. The van der Waals surface area contributed by atoms with E-state index >= 15 is 0 Å². The van der Waals surface area contributed by atoms with Gasteiger partial charge in [0.1, 0.15) is 5.76 Å². The molecule has 0 spiro atoms. The van der Waals surface area contributed by atoms with Crippen LogP contribution in [0.1, 0.15) is 5.76 Å². The SMILES string of the molecule is Cc1occc1-c1nc(-c2cccnc2)no1. The van der Waals surface area contributed by atoms with Crippen molar-refractivity contribution >= 4 is 0 Å². The largest absolute Gasteiger partial charge is 0.469 e. The number of aromatic nitrogens is 3. The highest BCUT2D eigenvalue weighted by molar-refractivity contribution is 5.59. The zero-order valence-electron chi connectivity index (χ0n) is 9.12. The van der Waals surface area contributed by atoms with Crippen molar-refractivity contribution in [3.05, 3.63) is 42.6 Å². The van der Waals surface area contributed by atoms with E-state index in [1.165, 1.54) is 0 Å². The lowest BCUT2D eigenvalue weighted by Gasteiger charge is -1.90. The molecule has 0 aromatic carbocycles. The molecule has 0 radical (unpaired) electrons. The molecule has 0 saturated heterocycles. The van der Waals surface area contributed by atoms with Crippen molar-refractivity contribution in [3.8, 4) is 22.8 Å². The summed E-state index contributed by atoms with van der Waals surface area (Å²) in [6.45, 7) is 1.85. The van der Waals surface area contributed by atoms with Gasteiger partial charge in [-0.15, -0.1) is 0 Å². The van der Waals surface area contributed by atoms with Crippen LogP contribution in [0.5, 0.6) is 0 Å². The zero-order chi connectivity index (χ0) is 11.7. The maximum Gasteiger partial charge on any atom is 0.261 e. The third-order valence-corrected chi connectivity index (χ3v) is 2.43. The van der Waals surface area contributed by atoms with Crippen molar-refractivity contribution in [1.29, 1.82) is 0 Å². The smallest absolute Gasteiger partial charge is 0.261 e. The number of hydrogen-bond acceptors (Lipinski definition) is 5. The minimum absolute atomic E-state index is 0.454. The molecule has 3 rings (SSSR count). The van der Waals surface area contributed by atoms with Gasteiger partial charge in [-0.05, 0) is 25.1 Å². The lowest BCUT2D eigenvalue weighted by atomic mass is 10.2. The van der Waals surface area contributed by atoms with Crippen molar-refractivity contribution in [2.45, 2.75) is 6.92 Å². The Morgan fingerprint density at radius 3 is 2.88 bits per heavy atom. The van der Waals surface area contributed by atoms with Gasteiger partial charge in [0, 0.05) is 18.0 Å². The Bertz CT molecular complexity index is 628. The molecular weight excluding hydrogens is 218 g/mol. The molecule has 0 amide bonds. The van der Waals surface area contributed by atoms with Crippen molar-refractivity contribution in [2.75, 3.05) is 0 Å². The number of hydrogen-bond donors (Lipinski definition) is 0. The van der Waals surface area contributed by atoms with Crippen LogP contribution in [0.15, 0.2) is 45.8 Å². The molecule has 3 aromatic heterocycles. The Labute approximate surface area is 97.1 Å². The summed E-state index contributed by atoms with van der Waals surface area (Å²) in [5.41, 5.74) is 1.64. The lowest BCUT2D eigenvalue weighted by molar-refractivity contribution is 0.430. The van der Waals surface area contributed by atoms with Gasteiger partial charge in [-0.3, -0.25) is 4.98 Å². The van der Waals surface area contributed by atoms with Gasteiger partial charge in [0.2, 0.25) is 5.82 Å². The highest BCUT2D eigenvalue weighted by Gasteiger charge is 2.13. The topological polar surface area (TPSA) is 65.0 Å². The molecule has 0 fully saturated rings. The molecular formula is C12H9N3O2. The summed E-state index contributed by atoms with van der Waals surface area (Å²) in [5.74, 6) is 1.73. The predicted molar refractivity (Wildman–Crippen MR) is 60.0 cm³/mol. The fourth-order valence-electron chi connectivity index (χ4n) is 1.55. The standard InChI is InChI=1S/C12H9N3O2/c1-8-10(4-6-16-8)12-14-11(15-17-12)9-3-2-5-13-7-9/h2-7H,1H3. The van der Waals surface area contributed by atoms with E-state index in [0.717, 1.165) is 16.9 Å². The monoisotopic (exact) mass is 227 g/mol. The van der Waals surface area contributed by atoms with Crippen molar-refractivity contribution in [2.24, 2.45) is 0 Å². The van der Waals surface area contributed by atoms with Crippen molar-refractivity contribution < 1.29 is 8.94 Å². The molecule has 0 N–H and O–H groups in total. The summed E-state index contributed by atoms with van der Waals surface area (Å²) in [6, 6.07) is 5.51. The van der Waals surface area contributed by atoms with Crippen LogP contribution in [0.3, 0.4) is 0 Å². The first kappa shape index (κ1) is 9.77. The van der Waals surface area contributed by atoms with Crippen LogP contribution < -0.4 is 0 Å². The van der Waals surface area contributed by atoms with Gasteiger partial charge in [-0.25, -0.2) is 0 Å². The van der Waals surface area contributed by atoms with Crippen LogP contribution in [0.4, 0.5) is 0 Å². The number of rotatable bonds is 2. The van der Waals surface area contributed by atoms with Gasteiger partial charge in [0.15, 0.2) is 0 Å². The molecule has 0 saturated carbocycles. The van der Waals surface area contributed by atoms with Crippen LogP contribution in [-0.4, -0.2) is 15.1 Å². The summed E-state index contributed by atoms with van der Waals surface area (Å²) in [4.78, 5) is 8.32. The molecule has 3 heterocycles. The Kier molecular flexibility index (Phi) is 2.22. The maximum absolute atomic E-state index is 5.20. The first-order chi connectivity index (χ1) is 8.34. The number of nitrogens with zero attached hydrogens (tertiary/aromatic N) is 3. The second kappa shape index (κ2) is 3.86. The lowest BCUT2D eigenvalue weighted by Crippen LogP contribution is -1.82. The van der Waals surface area contributed by atoms with Crippen LogP contribution in [0, 0.1) is 6.92 Å². The van der Waals surface area contributed by atoms with E-state index in [1.807, 2.05) is 19.1 Å². The molecule has 5 heteroatoms. The third kappa shape index (κ3) is 1.71. The van der Waals surface area contributed by atoms with E-state index < -0.39 is 0 Å². The predicted octanol–water partition coefficient (Wildman–Crippen LogP) is 2.70. The number of furan rings is 1. The molecule has 3 aromatic rings. The van der Waals surface area contributed by atoms with Crippen LogP contribution >= 0.6 is 0 Å². The molecule has 0 aliphatic rings. The summed E-state index contributed by atoms with van der Waals surface area (Å²) < 4.78 is 10.4. The maximum atomic E-state index is 5.20. The second-order valence-electron chi connectivity index (χ2n) is 3.56. The normalized spacial score (nSPS) is 10.6. The van der Waals surface area contributed by atoms with E-state index in [2.05, 4.69) is 15.1 Å². The van der Waals surface area contributed by atoms with E-state index in [0.29, 0.717) is 11.7 Å². The summed E-state index contributed by atoms with van der Waals surface area (Å²) in [7, 11) is 0. The van der Waals surface area contributed by atoms with Crippen LogP contribution in [0.2, 0.25) is 0 Å². The zero-order valence-corrected chi connectivity index (χ0v) is 9.12. The number of aryl methyl sites for hydroxylation is 1. The highest BCUT2D eigenvalue weighted by atomic mass is 16.5. The highest BCUT2D eigenvalue weighted by Crippen LogP contribution is 2.24. The van der Waals surface area contributed by atoms with Gasteiger partial charge < -0.3 is 8.94 Å². The summed E-state index contributed by atoms with van der Waals surface area (Å²) in [5, 5.41) is 3.92. The Morgan fingerprint density at radius 2 is 2.18 bits per heavy atom. The fourth-order valence-corrected chi connectivity index (χ4v) is 1.55. The molecule has 0 aliphatic carbocycles. The minimum atomic E-state index is 0.454. The average molecular weight is 227 g/mol. The average Bonchev–Trinajstić information content (AvgIpc) is 2.98. The van der Waals surface area contributed by atoms with Gasteiger partial charge >= 0.3 is 0 Å². The van der Waals surface area contributed by atoms with Gasteiger partial charge in [-0.2, -0.15) is 4.98 Å². The third-order valence-electron chi connectivity index (χ3n) is 2.43. The molecule has 84 valence electrons. The van der Waals surface area contributed by atoms with Gasteiger partial charge in [0.05, 0.1) is 11.8 Å². The molecule has 0 unspecified atom stereocenters. The Morgan fingerprint density at radius 1 is 1.24 bits per heavy atom. The van der Waals surface area contributed by atoms with E-state index in [4.69, 9.17) is 8.94 Å². The molecule has 0 bridgehead atoms. The van der Waals surface area contributed by atoms with Crippen LogP contribution in [-0.2, 0) is 0 Å². The van der Waals surface area contributed by atoms with Gasteiger partial charge in [0.25, 0.3) is 5.89 Å². The fraction of sp³-hybridized carbons (Fsp3) is 0.0833. The Balaban J connectivity index is 2.02. The van der Waals surface area contributed by atoms with Gasteiger partial charge in [-0.1, -0.05) is 5.16 Å². The van der Waals surface area contributed by atoms with E-state index in [1.54, 1.807) is 24.7 Å². The number of pyridine rings is 1. The Hall–Kier alpha value is -2.43. The molecule has 5 nitrogen and oxygen atoms in total. The van der Waals surface area contributed by atoms with Crippen molar-refractivity contribution in [1.82, 2.24) is 15.1 Å². The molecule has 0 atom stereocenters. The molecule has 17 heavy (non-hydrogen) atoms. The first-order valence-corrected chi connectivity index (χ1v) is 5.13. The van der Waals surface area contributed by atoms with E-state index in [9.17, 15) is 0 Å².